The van der Waals surface area contributed by atoms with Gasteiger partial charge in [-0.25, -0.2) is 0 Å². The number of fused-ring (bicyclic) bond motifs is 2. The fraction of sp³-hybridized carbons (Fsp3) is 0.115. The van der Waals surface area contributed by atoms with Crippen molar-refractivity contribution in [3.63, 3.8) is 0 Å². The molecule has 3 aromatic carbocycles. The zero-order valence-electron chi connectivity index (χ0n) is 17.7. The van der Waals surface area contributed by atoms with Gasteiger partial charge in [0.05, 0.1) is 29.9 Å². The zero-order chi connectivity index (χ0) is 22.4. The van der Waals surface area contributed by atoms with Crippen molar-refractivity contribution in [2.45, 2.75) is 6.54 Å². The number of nitriles is 1. The number of hydrogen-bond acceptors (Lipinski definition) is 4. The molecule has 0 saturated carbocycles. The Bertz CT molecular complexity index is 1440. The summed E-state index contributed by atoms with van der Waals surface area (Å²) in [5.41, 5.74) is 13.5. The number of nitrogens with zero attached hydrogens (tertiary/aromatic N) is 4. The van der Waals surface area contributed by atoms with Crippen LogP contribution in [0.15, 0.2) is 72.9 Å². The standard InChI is InChI=1S/C26H21N5O/c1-16(12-27)14-31-15-22-19(8-9-23(28)25(22)26(31)32)18-10-20(17-6-4-3-5-7-17)21-13-29-30(2)24(21)11-18/h3-11,13H,1,14-15,28H2,2H3. The Balaban J connectivity index is 1.70. The highest BCUT2D eigenvalue weighted by Crippen LogP contribution is 2.39. The fourth-order valence-corrected chi connectivity index (χ4v) is 4.43. The number of aromatic nitrogens is 2. The second-order valence-electron chi connectivity index (χ2n) is 8.02. The first-order valence-corrected chi connectivity index (χ1v) is 10.3. The molecule has 0 aliphatic carbocycles. The number of carbonyl (C=O) groups is 1. The third kappa shape index (κ3) is 3.03. The van der Waals surface area contributed by atoms with E-state index in [1.54, 1.807) is 11.0 Å². The van der Waals surface area contributed by atoms with Crippen LogP contribution in [0.25, 0.3) is 33.2 Å². The first-order valence-electron chi connectivity index (χ1n) is 10.3. The van der Waals surface area contributed by atoms with Crippen LogP contribution in [-0.2, 0) is 13.6 Å². The zero-order valence-corrected chi connectivity index (χ0v) is 17.7. The van der Waals surface area contributed by atoms with E-state index in [-0.39, 0.29) is 12.5 Å². The molecule has 0 spiro atoms. The van der Waals surface area contributed by atoms with Crippen LogP contribution < -0.4 is 5.73 Å². The summed E-state index contributed by atoms with van der Waals surface area (Å²) < 4.78 is 1.86. The molecule has 2 N–H and O–H groups in total. The van der Waals surface area contributed by atoms with E-state index in [9.17, 15) is 4.79 Å². The molecule has 6 heteroatoms. The number of nitrogens with two attached hydrogens (primary N) is 1. The molecule has 4 aromatic rings. The molecule has 5 rings (SSSR count). The molecule has 1 amide bonds. The largest absolute Gasteiger partial charge is 0.398 e. The molecule has 6 nitrogen and oxygen atoms in total. The van der Waals surface area contributed by atoms with Crippen molar-refractivity contribution >= 4 is 22.5 Å². The van der Waals surface area contributed by atoms with Crippen LogP contribution in [0.5, 0.6) is 0 Å². The van der Waals surface area contributed by atoms with E-state index in [1.165, 1.54) is 0 Å². The normalized spacial score (nSPS) is 12.8. The Hall–Kier alpha value is -4.37. The lowest BCUT2D eigenvalue weighted by molar-refractivity contribution is 0.0794. The van der Waals surface area contributed by atoms with E-state index in [1.807, 2.05) is 48.3 Å². The molecular weight excluding hydrogens is 398 g/mol. The molecule has 1 aliphatic rings. The van der Waals surface area contributed by atoms with Gasteiger partial charge in [0.1, 0.15) is 0 Å². The number of rotatable bonds is 4. The smallest absolute Gasteiger partial charge is 0.256 e. The number of hydrogen-bond donors (Lipinski definition) is 1. The molecule has 1 aromatic heterocycles. The average molecular weight is 419 g/mol. The third-order valence-corrected chi connectivity index (χ3v) is 6.00. The van der Waals surface area contributed by atoms with Crippen LogP contribution in [0.3, 0.4) is 0 Å². The second-order valence-corrected chi connectivity index (χ2v) is 8.02. The number of benzene rings is 3. The van der Waals surface area contributed by atoms with Gasteiger partial charge in [-0.15, -0.1) is 0 Å². The topological polar surface area (TPSA) is 87.9 Å². The summed E-state index contributed by atoms with van der Waals surface area (Å²) in [6.45, 7) is 4.31. The first-order chi connectivity index (χ1) is 15.5. The second kappa shape index (κ2) is 7.40. The number of aryl methyl sites for hydroxylation is 1. The molecule has 0 saturated heterocycles. The summed E-state index contributed by atoms with van der Waals surface area (Å²) >= 11 is 0. The van der Waals surface area contributed by atoms with Gasteiger partial charge >= 0.3 is 0 Å². The lowest BCUT2D eigenvalue weighted by atomic mass is 9.92. The van der Waals surface area contributed by atoms with Crippen molar-refractivity contribution in [3.05, 3.63) is 84.1 Å². The maximum atomic E-state index is 13.0. The molecule has 0 bridgehead atoms. The van der Waals surface area contributed by atoms with Crippen molar-refractivity contribution in [3.8, 4) is 28.3 Å². The summed E-state index contributed by atoms with van der Waals surface area (Å²) in [6, 6.07) is 20.2. The average Bonchev–Trinajstić information content (AvgIpc) is 3.34. The number of anilines is 1. The molecular formula is C26H21N5O. The van der Waals surface area contributed by atoms with Crippen LogP contribution in [0.1, 0.15) is 15.9 Å². The van der Waals surface area contributed by atoms with Gasteiger partial charge in [0.2, 0.25) is 0 Å². The highest BCUT2D eigenvalue weighted by molar-refractivity contribution is 6.06. The highest BCUT2D eigenvalue weighted by Gasteiger charge is 2.32. The van der Waals surface area contributed by atoms with E-state index in [0.29, 0.717) is 23.4 Å². The monoisotopic (exact) mass is 419 g/mol. The van der Waals surface area contributed by atoms with E-state index < -0.39 is 0 Å². The Morgan fingerprint density at radius 2 is 1.94 bits per heavy atom. The Morgan fingerprint density at radius 1 is 1.16 bits per heavy atom. The maximum absolute atomic E-state index is 13.0. The van der Waals surface area contributed by atoms with Gasteiger partial charge in [-0.05, 0) is 46.0 Å². The summed E-state index contributed by atoms with van der Waals surface area (Å²) in [5.74, 6) is -0.166. The third-order valence-electron chi connectivity index (χ3n) is 6.00. The maximum Gasteiger partial charge on any atom is 0.256 e. The number of nitrogen functional groups attached to an aromatic ring is 1. The minimum atomic E-state index is -0.166. The molecule has 0 atom stereocenters. The van der Waals surface area contributed by atoms with Crippen molar-refractivity contribution < 1.29 is 4.79 Å². The van der Waals surface area contributed by atoms with Gasteiger partial charge in [0.25, 0.3) is 5.91 Å². The quantitative estimate of drug-likeness (QED) is 0.389. The summed E-state index contributed by atoms with van der Waals surface area (Å²) in [6.07, 6.45) is 1.88. The van der Waals surface area contributed by atoms with Crippen LogP contribution in [0.4, 0.5) is 5.69 Å². The van der Waals surface area contributed by atoms with E-state index in [0.717, 1.165) is 38.7 Å². The van der Waals surface area contributed by atoms with E-state index in [2.05, 4.69) is 35.9 Å². The van der Waals surface area contributed by atoms with Gasteiger partial charge in [0.15, 0.2) is 0 Å². The Labute approximate surface area is 185 Å². The molecule has 2 heterocycles. The molecule has 0 radical (unpaired) electrons. The summed E-state index contributed by atoms with van der Waals surface area (Å²) in [4.78, 5) is 14.7. The first kappa shape index (κ1) is 19.6. The van der Waals surface area contributed by atoms with E-state index in [4.69, 9.17) is 11.0 Å². The van der Waals surface area contributed by atoms with Gasteiger partial charge in [0, 0.05) is 30.2 Å². The van der Waals surface area contributed by atoms with Crippen LogP contribution in [0, 0.1) is 11.3 Å². The van der Waals surface area contributed by atoms with Crippen molar-refractivity contribution in [2.24, 2.45) is 7.05 Å². The van der Waals surface area contributed by atoms with E-state index >= 15 is 0 Å². The van der Waals surface area contributed by atoms with Crippen LogP contribution in [0.2, 0.25) is 0 Å². The molecule has 156 valence electrons. The highest BCUT2D eigenvalue weighted by atomic mass is 16.2. The summed E-state index contributed by atoms with van der Waals surface area (Å²) in [7, 11) is 1.92. The van der Waals surface area contributed by atoms with Crippen LogP contribution >= 0.6 is 0 Å². The van der Waals surface area contributed by atoms with Crippen LogP contribution in [-0.4, -0.2) is 27.1 Å². The summed E-state index contributed by atoms with van der Waals surface area (Å²) in [5, 5.41) is 14.6. The lowest BCUT2D eigenvalue weighted by Gasteiger charge is -2.15. The SMILES string of the molecule is C=C(C#N)CN1Cc2c(-c3cc(-c4ccccc4)c4cnn(C)c4c3)ccc(N)c2C1=O. The number of carbonyl (C=O) groups excluding carboxylic acids is 1. The minimum Gasteiger partial charge on any atom is -0.398 e. The molecule has 1 aliphatic heterocycles. The van der Waals surface area contributed by atoms with Gasteiger partial charge < -0.3 is 10.6 Å². The molecule has 0 unspecified atom stereocenters. The number of amides is 1. The predicted octanol–water partition coefficient (Wildman–Crippen LogP) is 4.53. The van der Waals surface area contributed by atoms with Crippen molar-refractivity contribution in [2.75, 3.05) is 12.3 Å². The van der Waals surface area contributed by atoms with Gasteiger partial charge in [-0.3, -0.25) is 9.48 Å². The fourth-order valence-electron chi connectivity index (χ4n) is 4.43. The Morgan fingerprint density at radius 3 is 2.69 bits per heavy atom. The molecule has 0 fully saturated rings. The van der Waals surface area contributed by atoms with Gasteiger partial charge in [-0.1, -0.05) is 43.0 Å². The predicted molar refractivity (Wildman–Crippen MR) is 125 cm³/mol. The Kier molecular flexibility index (Phi) is 4.53. The van der Waals surface area contributed by atoms with Crippen molar-refractivity contribution in [1.29, 1.82) is 5.26 Å². The van der Waals surface area contributed by atoms with Crippen molar-refractivity contribution in [1.82, 2.24) is 14.7 Å². The minimum absolute atomic E-state index is 0.166. The lowest BCUT2D eigenvalue weighted by Crippen LogP contribution is -2.26. The van der Waals surface area contributed by atoms with Gasteiger partial charge in [-0.2, -0.15) is 10.4 Å². The molecule has 32 heavy (non-hydrogen) atoms.